The topological polar surface area (TPSA) is 77.9 Å². The molecule has 118 valence electrons. The van der Waals surface area contributed by atoms with Crippen molar-refractivity contribution >= 4 is 29.5 Å². The van der Waals surface area contributed by atoms with Crippen LogP contribution in [0.5, 0.6) is 0 Å². The van der Waals surface area contributed by atoms with E-state index in [0.717, 1.165) is 6.42 Å². The van der Waals surface area contributed by atoms with E-state index < -0.39 is 12.0 Å². The Labute approximate surface area is 128 Å². The monoisotopic (exact) mass is 314 g/mol. The summed E-state index contributed by atoms with van der Waals surface area (Å²) in [6.45, 7) is 5.43. The van der Waals surface area contributed by atoms with Gasteiger partial charge in [0.2, 0.25) is 11.8 Å². The summed E-state index contributed by atoms with van der Waals surface area (Å²) in [5.41, 5.74) is 0. The lowest BCUT2D eigenvalue weighted by atomic mass is 10.1. The first-order valence-electron chi connectivity index (χ1n) is 7.28. The van der Waals surface area contributed by atoms with E-state index in [4.69, 9.17) is 5.11 Å². The van der Waals surface area contributed by atoms with Crippen LogP contribution in [0.25, 0.3) is 0 Å². The Morgan fingerprint density at radius 1 is 1.57 bits per heavy atom. The minimum atomic E-state index is -1.02. The maximum Gasteiger partial charge on any atom is 0.323 e. The van der Waals surface area contributed by atoms with Crippen LogP contribution in [0, 0.1) is 0 Å². The van der Waals surface area contributed by atoms with Gasteiger partial charge in [0.25, 0.3) is 0 Å². The number of aliphatic carboxylic acids is 1. The molecule has 2 rings (SSSR count). The third-order valence-electron chi connectivity index (χ3n) is 4.44. The van der Waals surface area contributed by atoms with Gasteiger partial charge in [-0.05, 0) is 26.7 Å². The van der Waals surface area contributed by atoms with Gasteiger partial charge in [-0.25, -0.2) is 0 Å². The lowest BCUT2D eigenvalue weighted by Gasteiger charge is -2.34. The Bertz CT molecular complexity index is 470. The molecule has 0 aliphatic carbocycles. The van der Waals surface area contributed by atoms with Crippen molar-refractivity contribution in [2.75, 3.05) is 12.3 Å². The molecular formula is C14H22N2O4S. The maximum absolute atomic E-state index is 12.8. The van der Waals surface area contributed by atoms with Gasteiger partial charge in [-0.2, -0.15) is 0 Å². The summed E-state index contributed by atoms with van der Waals surface area (Å²) in [4.78, 5) is 38.6. The van der Waals surface area contributed by atoms with Crippen molar-refractivity contribution in [3.05, 3.63) is 0 Å². The van der Waals surface area contributed by atoms with Crippen LogP contribution < -0.4 is 0 Å². The largest absolute Gasteiger partial charge is 0.480 e. The first-order chi connectivity index (χ1) is 9.80. The van der Waals surface area contributed by atoms with Gasteiger partial charge in [0.15, 0.2) is 0 Å². The molecule has 0 saturated carbocycles. The van der Waals surface area contributed by atoms with Gasteiger partial charge in [0.1, 0.15) is 12.6 Å². The minimum absolute atomic E-state index is 0.000256. The first kappa shape index (κ1) is 16.1. The predicted octanol–water partition coefficient (Wildman–Crippen LogP) is 1.15. The van der Waals surface area contributed by atoms with Crippen molar-refractivity contribution in [3.63, 3.8) is 0 Å². The first-order valence-corrected chi connectivity index (χ1v) is 8.27. The molecule has 0 bridgehead atoms. The van der Waals surface area contributed by atoms with Crippen LogP contribution in [0.4, 0.5) is 0 Å². The summed E-state index contributed by atoms with van der Waals surface area (Å²) >= 11 is 1.62. The molecule has 0 aromatic heterocycles. The lowest BCUT2D eigenvalue weighted by molar-refractivity contribution is -0.150. The summed E-state index contributed by atoms with van der Waals surface area (Å²) in [6.07, 6.45) is 1.90. The number of hydrogen-bond acceptors (Lipinski definition) is 4. The van der Waals surface area contributed by atoms with Gasteiger partial charge >= 0.3 is 5.97 Å². The zero-order valence-electron chi connectivity index (χ0n) is 12.7. The standard InChI is InChI=1S/C14H22N2O4S/c1-4-9(2)15(7-12(18)19)13(20)10-8-21-14(3)6-5-11(17)16(10)14/h9-10H,4-8H2,1-3H3,(H,18,19). The number of carbonyl (C=O) groups excluding carboxylic acids is 2. The fourth-order valence-electron chi connectivity index (χ4n) is 3.01. The molecule has 3 unspecified atom stereocenters. The average Bonchev–Trinajstić information content (AvgIpc) is 2.91. The molecular weight excluding hydrogens is 292 g/mol. The molecule has 21 heavy (non-hydrogen) atoms. The maximum atomic E-state index is 12.8. The molecule has 0 radical (unpaired) electrons. The van der Waals surface area contributed by atoms with Crippen LogP contribution in [-0.4, -0.2) is 61.9 Å². The number of carboxylic acids is 1. The summed E-state index contributed by atoms with van der Waals surface area (Å²) in [7, 11) is 0. The summed E-state index contributed by atoms with van der Waals surface area (Å²) in [6, 6.07) is -0.675. The highest BCUT2D eigenvalue weighted by Gasteiger charge is 2.53. The van der Waals surface area contributed by atoms with E-state index >= 15 is 0 Å². The van der Waals surface area contributed by atoms with Crippen LogP contribution in [-0.2, 0) is 14.4 Å². The van der Waals surface area contributed by atoms with Crippen LogP contribution in [0.1, 0.15) is 40.0 Å². The highest BCUT2D eigenvalue weighted by atomic mass is 32.2. The molecule has 2 aliphatic rings. The van der Waals surface area contributed by atoms with E-state index in [9.17, 15) is 14.4 Å². The number of rotatable bonds is 5. The Balaban J connectivity index is 2.21. The predicted molar refractivity (Wildman–Crippen MR) is 79.8 cm³/mol. The number of hydrogen-bond donors (Lipinski definition) is 1. The van der Waals surface area contributed by atoms with Gasteiger partial charge < -0.3 is 14.9 Å². The molecule has 2 aliphatic heterocycles. The molecule has 2 heterocycles. The van der Waals surface area contributed by atoms with Crippen LogP contribution in [0.3, 0.4) is 0 Å². The number of nitrogens with zero attached hydrogens (tertiary/aromatic N) is 2. The molecule has 2 saturated heterocycles. The van der Waals surface area contributed by atoms with Gasteiger partial charge in [-0.3, -0.25) is 14.4 Å². The molecule has 0 spiro atoms. The molecule has 2 fully saturated rings. The van der Waals surface area contributed by atoms with Crippen LogP contribution in [0.15, 0.2) is 0 Å². The molecule has 7 heteroatoms. The fraction of sp³-hybridized carbons (Fsp3) is 0.786. The highest BCUT2D eigenvalue weighted by Crippen LogP contribution is 2.47. The number of amides is 2. The van der Waals surface area contributed by atoms with E-state index in [-0.39, 0.29) is 29.3 Å². The molecule has 2 amide bonds. The zero-order valence-corrected chi connectivity index (χ0v) is 13.5. The van der Waals surface area contributed by atoms with Crippen molar-refractivity contribution in [1.29, 1.82) is 0 Å². The number of thioether (sulfide) groups is 1. The highest BCUT2D eigenvalue weighted by molar-refractivity contribution is 8.01. The second-order valence-electron chi connectivity index (χ2n) is 5.88. The molecule has 3 atom stereocenters. The Kier molecular flexibility index (Phi) is 4.51. The summed E-state index contributed by atoms with van der Waals surface area (Å²) in [5, 5.41) is 9.03. The SMILES string of the molecule is CCC(C)N(CC(=O)O)C(=O)C1CSC2(C)CCC(=O)N12. The molecule has 0 aromatic rings. The van der Waals surface area contributed by atoms with Gasteiger partial charge in [-0.15, -0.1) is 11.8 Å². The van der Waals surface area contributed by atoms with E-state index in [0.29, 0.717) is 18.6 Å². The fourth-order valence-corrected chi connectivity index (χ4v) is 4.44. The van der Waals surface area contributed by atoms with Gasteiger partial charge in [0, 0.05) is 18.2 Å². The Morgan fingerprint density at radius 2 is 2.24 bits per heavy atom. The summed E-state index contributed by atoms with van der Waals surface area (Å²) in [5.74, 6) is -0.712. The molecule has 1 N–H and O–H groups in total. The summed E-state index contributed by atoms with van der Waals surface area (Å²) < 4.78 is 0. The average molecular weight is 314 g/mol. The quantitative estimate of drug-likeness (QED) is 0.823. The van der Waals surface area contributed by atoms with Crippen molar-refractivity contribution in [3.8, 4) is 0 Å². The zero-order chi connectivity index (χ0) is 15.8. The normalized spacial score (nSPS) is 29.4. The van der Waals surface area contributed by atoms with E-state index in [1.165, 1.54) is 4.90 Å². The van der Waals surface area contributed by atoms with E-state index in [2.05, 4.69) is 0 Å². The number of carbonyl (C=O) groups is 3. The van der Waals surface area contributed by atoms with E-state index in [1.807, 2.05) is 20.8 Å². The van der Waals surface area contributed by atoms with Crippen molar-refractivity contribution in [2.45, 2.75) is 57.0 Å². The molecule has 6 nitrogen and oxygen atoms in total. The van der Waals surface area contributed by atoms with Crippen molar-refractivity contribution in [2.24, 2.45) is 0 Å². The van der Waals surface area contributed by atoms with E-state index in [1.54, 1.807) is 16.7 Å². The lowest BCUT2D eigenvalue weighted by Crippen LogP contribution is -2.54. The van der Waals surface area contributed by atoms with Gasteiger partial charge in [0.05, 0.1) is 4.87 Å². The van der Waals surface area contributed by atoms with Crippen LogP contribution >= 0.6 is 11.8 Å². The second-order valence-corrected chi connectivity index (χ2v) is 7.38. The number of carboxylic acid groups (broad SMARTS) is 1. The molecule has 0 aromatic carbocycles. The number of fused-ring (bicyclic) bond motifs is 1. The van der Waals surface area contributed by atoms with Crippen molar-refractivity contribution in [1.82, 2.24) is 9.80 Å². The Morgan fingerprint density at radius 3 is 2.81 bits per heavy atom. The minimum Gasteiger partial charge on any atom is -0.480 e. The third-order valence-corrected chi connectivity index (χ3v) is 5.95. The Hall–Kier alpha value is -1.24. The van der Waals surface area contributed by atoms with Crippen molar-refractivity contribution < 1.29 is 19.5 Å². The van der Waals surface area contributed by atoms with Gasteiger partial charge in [-0.1, -0.05) is 6.92 Å². The third kappa shape index (κ3) is 2.88. The van der Waals surface area contributed by atoms with Crippen LogP contribution in [0.2, 0.25) is 0 Å². The second kappa shape index (κ2) is 5.87. The smallest absolute Gasteiger partial charge is 0.323 e.